The summed E-state index contributed by atoms with van der Waals surface area (Å²) in [5.41, 5.74) is 4.43. The molecule has 1 saturated carbocycles. The zero-order valence-electron chi connectivity index (χ0n) is 15.0. The highest BCUT2D eigenvalue weighted by molar-refractivity contribution is 5.91. The van der Waals surface area contributed by atoms with Gasteiger partial charge >= 0.3 is 0 Å². The van der Waals surface area contributed by atoms with Crippen LogP contribution in [0.2, 0.25) is 0 Å². The van der Waals surface area contributed by atoms with Gasteiger partial charge in [-0.3, -0.25) is 0 Å². The SMILES string of the molecule is Cc1[nH]c2ncnc(N3CC45CCCCC4(CN(C)C5)C3)c2c1C. The van der Waals surface area contributed by atoms with E-state index in [1.54, 1.807) is 6.33 Å². The molecule has 24 heavy (non-hydrogen) atoms. The first-order valence-corrected chi connectivity index (χ1v) is 9.27. The molecule has 0 amide bonds. The first-order chi connectivity index (χ1) is 11.5. The lowest BCUT2D eigenvalue weighted by atomic mass is 9.60. The number of hydrogen-bond acceptors (Lipinski definition) is 4. The Hall–Kier alpha value is -1.62. The van der Waals surface area contributed by atoms with Crippen LogP contribution >= 0.6 is 0 Å². The molecule has 4 heterocycles. The predicted molar refractivity (Wildman–Crippen MR) is 96.4 cm³/mol. The molecular weight excluding hydrogens is 298 g/mol. The van der Waals surface area contributed by atoms with Crippen LogP contribution in [0.1, 0.15) is 36.9 Å². The predicted octanol–water partition coefficient (Wildman–Crippen LogP) is 2.89. The average molecular weight is 325 g/mol. The Morgan fingerprint density at radius 3 is 2.33 bits per heavy atom. The molecule has 0 bridgehead atoms. The lowest BCUT2D eigenvalue weighted by Crippen LogP contribution is -2.42. The number of nitrogens with one attached hydrogen (secondary N) is 1. The van der Waals surface area contributed by atoms with Crippen molar-refractivity contribution in [2.24, 2.45) is 10.8 Å². The summed E-state index contributed by atoms with van der Waals surface area (Å²) in [6.07, 6.45) is 7.28. The quantitative estimate of drug-likeness (QED) is 0.876. The van der Waals surface area contributed by atoms with E-state index in [1.807, 2.05) is 0 Å². The van der Waals surface area contributed by atoms with E-state index in [4.69, 9.17) is 4.98 Å². The topological polar surface area (TPSA) is 48.1 Å². The molecule has 5 nitrogen and oxygen atoms in total. The Labute approximate surface area is 143 Å². The van der Waals surface area contributed by atoms with E-state index < -0.39 is 0 Å². The lowest BCUT2D eigenvalue weighted by Gasteiger charge is -2.42. The van der Waals surface area contributed by atoms with E-state index in [-0.39, 0.29) is 0 Å². The molecule has 3 aliphatic rings. The molecule has 3 fully saturated rings. The molecule has 0 aromatic carbocycles. The molecule has 1 N–H and O–H groups in total. The minimum Gasteiger partial charge on any atom is -0.355 e. The van der Waals surface area contributed by atoms with Crippen molar-refractivity contribution in [3.05, 3.63) is 17.6 Å². The summed E-state index contributed by atoms with van der Waals surface area (Å²) >= 11 is 0. The van der Waals surface area contributed by atoms with Gasteiger partial charge < -0.3 is 14.8 Å². The van der Waals surface area contributed by atoms with Gasteiger partial charge in [-0.25, -0.2) is 9.97 Å². The zero-order chi connectivity index (χ0) is 16.5. The fourth-order valence-electron chi connectivity index (χ4n) is 6.08. The number of hydrogen-bond donors (Lipinski definition) is 1. The normalized spacial score (nSPS) is 33.2. The van der Waals surface area contributed by atoms with Gasteiger partial charge in [0.05, 0.1) is 5.39 Å². The van der Waals surface area contributed by atoms with Gasteiger partial charge in [-0.2, -0.15) is 0 Å². The minimum atomic E-state index is 0.469. The Kier molecular flexibility index (Phi) is 2.89. The number of aryl methyl sites for hydroxylation is 2. The third kappa shape index (κ3) is 1.74. The van der Waals surface area contributed by atoms with Gasteiger partial charge in [0.25, 0.3) is 0 Å². The van der Waals surface area contributed by atoms with Gasteiger partial charge in [-0.15, -0.1) is 0 Å². The smallest absolute Gasteiger partial charge is 0.143 e. The molecule has 0 spiro atoms. The van der Waals surface area contributed by atoms with Crippen molar-refractivity contribution in [3.63, 3.8) is 0 Å². The van der Waals surface area contributed by atoms with Crippen molar-refractivity contribution in [3.8, 4) is 0 Å². The molecule has 1 aliphatic carbocycles. The van der Waals surface area contributed by atoms with E-state index >= 15 is 0 Å². The van der Waals surface area contributed by atoms with Crippen molar-refractivity contribution in [2.75, 3.05) is 38.1 Å². The van der Waals surface area contributed by atoms with Crippen LogP contribution in [0, 0.1) is 24.7 Å². The number of nitrogens with zero attached hydrogens (tertiary/aromatic N) is 4. The molecule has 2 unspecified atom stereocenters. The number of rotatable bonds is 1. The van der Waals surface area contributed by atoms with E-state index in [0.717, 1.165) is 24.6 Å². The molecule has 5 heteroatoms. The number of likely N-dealkylation sites (tertiary alicyclic amines) is 1. The number of fused-ring (bicyclic) bond motifs is 1. The largest absolute Gasteiger partial charge is 0.355 e. The van der Waals surface area contributed by atoms with Gasteiger partial charge in [-0.05, 0) is 39.3 Å². The third-order valence-corrected chi connectivity index (χ3v) is 7.19. The molecule has 2 atom stereocenters. The molecule has 2 saturated heterocycles. The summed E-state index contributed by atoms with van der Waals surface area (Å²) in [7, 11) is 2.31. The summed E-state index contributed by atoms with van der Waals surface area (Å²) < 4.78 is 0. The van der Waals surface area contributed by atoms with Crippen LogP contribution in [0.4, 0.5) is 5.82 Å². The molecule has 2 aliphatic heterocycles. The molecule has 128 valence electrons. The fourth-order valence-corrected chi connectivity index (χ4v) is 6.08. The monoisotopic (exact) mass is 325 g/mol. The average Bonchev–Trinajstić information content (AvgIpc) is 3.12. The Morgan fingerprint density at radius 1 is 1.00 bits per heavy atom. The van der Waals surface area contributed by atoms with Crippen molar-refractivity contribution in [1.29, 1.82) is 0 Å². The third-order valence-electron chi connectivity index (χ3n) is 7.19. The first kappa shape index (κ1) is 14.7. The zero-order valence-corrected chi connectivity index (χ0v) is 15.0. The lowest BCUT2D eigenvalue weighted by molar-refractivity contribution is 0.0945. The van der Waals surface area contributed by atoms with Crippen LogP contribution in [-0.4, -0.2) is 53.1 Å². The van der Waals surface area contributed by atoms with Gasteiger partial charge in [-0.1, -0.05) is 12.8 Å². The maximum atomic E-state index is 4.74. The minimum absolute atomic E-state index is 0.469. The summed E-state index contributed by atoms with van der Waals surface area (Å²) in [6, 6.07) is 0. The highest BCUT2D eigenvalue weighted by atomic mass is 15.3. The number of H-pyrrole nitrogens is 1. The Morgan fingerprint density at radius 2 is 1.67 bits per heavy atom. The second kappa shape index (κ2) is 4.72. The van der Waals surface area contributed by atoms with Gasteiger partial charge in [0.15, 0.2) is 0 Å². The summed E-state index contributed by atoms with van der Waals surface area (Å²) in [5.74, 6) is 1.15. The Balaban J connectivity index is 1.61. The molecule has 5 rings (SSSR count). The first-order valence-electron chi connectivity index (χ1n) is 9.27. The van der Waals surface area contributed by atoms with Crippen LogP contribution in [0.15, 0.2) is 6.33 Å². The number of aromatic amines is 1. The summed E-state index contributed by atoms with van der Waals surface area (Å²) in [5, 5.41) is 1.23. The van der Waals surface area contributed by atoms with E-state index in [9.17, 15) is 0 Å². The number of aromatic nitrogens is 3. The van der Waals surface area contributed by atoms with Crippen LogP contribution in [0.5, 0.6) is 0 Å². The van der Waals surface area contributed by atoms with E-state index in [0.29, 0.717) is 10.8 Å². The van der Waals surface area contributed by atoms with E-state index in [1.165, 1.54) is 55.4 Å². The number of anilines is 1. The standard InChI is InChI=1S/C19H27N5/c1-13-14(2)22-16-15(13)17(21-12-20-16)24-10-18-6-4-5-7-19(18,11-24)9-23(3)8-18/h12H,4-11H2,1-3H3,(H,20,21,22). The highest BCUT2D eigenvalue weighted by Gasteiger charge is 2.62. The molecule has 0 radical (unpaired) electrons. The van der Waals surface area contributed by atoms with Crippen molar-refractivity contribution < 1.29 is 0 Å². The fraction of sp³-hybridized carbons (Fsp3) is 0.684. The van der Waals surface area contributed by atoms with Crippen LogP contribution < -0.4 is 4.90 Å². The van der Waals surface area contributed by atoms with Crippen molar-refractivity contribution in [1.82, 2.24) is 19.9 Å². The van der Waals surface area contributed by atoms with Gasteiger partial charge in [0, 0.05) is 42.7 Å². The van der Waals surface area contributed by atoms with Gasteiger partial charge in [0.2, 0.25) is 0 Å². The van der Waals surface area contributed by atoms with Gasteiger partial charge in [0.1, 0.15) is 17.8 Å². The van der Waals surface area contributed by atoms with Crippen LogP contribution in [-0.2, 0) is 0 Å². The summed E-state index contributed by atoms with van der Waals surface area (Å²) in [6.45, 7) is 9.15. The maximum absolute atomic E-state index is 4.74. The Bertz CT molecular complexity index is 787. The highest BCUT2D eigenvalue weighted by Crippen LogP contribution is 2.60. The van der Waals surface area contributed by atoms with Crippen LogP contribution in [0.3, 0.4) is 0 Å². The second-order valence-electron chi connectivity index (χ2n) is 8.59. The molecule has 2 aromatic heterocycles. The second-order valence-corrected chi connectivity index (χ2v) is 8.59. The molecular formula is C19H27N5. The van der Waals surface area contributed by atoms with Crippen LogP contribution in [0.25, 0.3) is 11.0 Å². The van der Waals surface area contributed by atoms with Crippen molar-refractivity contribution >= 4 is 16.9 Å². The van der Waals surface area contributed by atoms with E-state index in [2.05, 4.69) is 40.7 Å². The summed E-state index contributed by atoms with van der Waals surface area (Å²) in [4.78, 5) is 17.8. The maximum Gasteiger partial charge on any atom is 0.143 e. The molecule has 2 aromatic rings. The van der Waals surface area contributed by atoms with Crippen molar-refractivity contribution in [2.45, 2.75) is 39.5 Å².